The van der Waals surface area contributed by atoms with Crippen LogP contribution < -0.4 is 9.50 Å². The standard InChI is InChI=1S/C14H12FNO4S/c1-10(17)16-13-7-2-3-8-14(13)20-21(18,19)12-6-4-5-11(15)9-12/h2-9H,1H3,(H,16,17). The molecule has 0 aliphatic carbocycles. The number of halogens is 1. The predicted molar refractivity (Wildman–Crippen MR) is 75.0 cm³/mol. The minimum Gasteiger partial charge on any atom is -0.377 e. The average Bonchev–Trinajstić information content (AvgIpc) is 2.40. The molecule has 0 atom stereocenters. The molecule has 0 aromatic heterocycles. The molecule has 0 unspecified atom stereocenters. The first-order valence-electron chi connectivity index (χ1n) is 5.95. The fourth-order valence-corrected chi connectivity index (χ4v) is 2.60. The largest absolute Gasteiger partial charge is 0.377 e. The summed E-state index contributed by atoms with van der Waals surface area (Å²) in [5.74, 6) is -1.10. The van der Waals surface area contributed by atoms with Gasteiger partial charge in [0.05, 0.1) is 5.69 Å². The van der Waals surface area contributed by atoms with Gasteiger partial charge < -0.3 is 9.50 Å². The summed E-state index contributed by atoms with van der Waals surface area (Å²) in [4.78, 5) is 10.8. The highest BCUT2D eigenvalue weighted by atomic mass is 32.2. The molecule has 2 aromatic rings. The van der Waals surface area contributed by atoms with E-state index in [0.717, 1.165) is 12.1 Å². The summed E-state index contributed by atoms with van der Waals surface area (Å²) in [5, 5.41) is 2.46. The molecule has 5 nitrogen and oxygen atoms in total. The molecule has 0 fully saturated rings. The Kier molecular flexibility index (Phi) is 4.23. The van der Waals surface area contributed by atoms with E-state index >= 15 is 0 Å². The fraction of sp³-hybridized carbons (Fsp3) is 0.0714. The van der Waals surface area contributed by atoms with Gasteiger partial charge in [0.2, 0.25) is 5.91 Å². The van der Waals surface area contributed by atoms with Gasteiger partial charge in [-0.15, -0.1) is 0 Å². The summed E-state index contributed by atoms with van der Waals surface area (Å²) >= 11 is 0. The molecule has 7 heteroatoms. The molecule has 0 bridgehead atoms. The average molecular weight is 309 g/mol. The Morgan fingerprint density at radius 1 is 1.14 bits per heavy atom. The number of benzene rings is 2. The van der Waals surface area contributed by atoms with Crippen molar-refractivity contribution < 1.29 is 21.8 Å². The van der Waals surface area contributed by atoms with Crippen molar-refractivity contribution in [3.8, 4) is 5.75 Å². The second kappa shape index (κ2) is 5.92. The predicted octanol–water partition coefficient (Wildman–Crippen LogP) is 2.55. The van der Waals surface area contributed by atoms with Crippen LogP contribution in [0.1, 0.15) is 6.92 Å². The Labute approximate surface area is 121 Å². The quantitative estimate of drug-likeness (QED) is 0.881. The van der Waals surface area contributed by atoms with Crippen molar-refractivity contribution in [1.82, 2.24) is 0 Å². The maximum absolute atomic E-state index is 13.1. The number of amides is 1. The maximum Gasteiger partial charge on any atom is 0.339 e. The SMILES string of the molecule is CC(=O)Nc1ccccc1OS(=O)(=O)c1cccc(F)c1. The van der Waals surface area contributed by atoms with Crippen LogP contribution in [0, 0.1) is 5.82 Å². The number of carbonyl (C=O) groups is 1. The van der Waals surface area contributed by atoms with Gasteiger partial charge in [0.15, 0.2) is 5.75 Å². The van der Waals surface area contributed by atoms with Crippen LogP contribution in [0.3, 0.4) is 0 Å². The Morgan fingerprint density at radius 3 is 2.52 bits per heavy atom. The zero-order chi connectivity index (χ0) is 15.5. The highest BCUT2D eigenvalue weighted by Gasteiger charge is 2.19. The van der Waals surface area contributed by atoms with E-state index in [4.69, 9.17) is 4.18 Å². The maximum atomic E-state index is 13.1. The van der Waals surface area contributed by atoms with E-state index in [0.29, 0.717) is 0 Å². The molecule has 110 valence electrons. The highest BCUT2D eigenvalue weighted by Crippen LogP contribution is 2.27. The molecule has 0 saturated heterocycles. The summed E-state index contributed by atoms with van der Waals surface area (Å²) in [7, 11) is -4.19. The lowest BCUT2D eigenvalue weighted by Crippen LogP contribution is -2.13. The van der Waals surface area contributed by atoms with Crippen molar-refractivity contribution in [2.45, 2.75) is 11.8 Å². The lowest BCUT2D eigenvalue weighted by molar-refractivity contribution is -0.114. The third kappa shape index (κ3) is 3.79. The van der Waals surface area contributed by atoms with Gasteiger partial charge in [-0.3, -0.25) is 4.79 Å². The van der Waals surface area contributed by atoms with E-state index < -0.39 is 15.9 Å². The van der Waals surface area contributed by atoms with E-state index in [1.54, 1.807) is 12.1 Å². The Hall–Kier alpha value is -2.41. The summed E-state index contributed by atoms with van der Waals surface area (Å²) in [6.07, 6.45) is 0. The third-order valence-corrected chi connectivity index (χ3v) is 3.71. The molecule has 0 radical (unpaired) electrons. The number of rotatable bonds is 4. The third-order valence-electron chi connectivity index (χ3n) is 2.48. The van der Waals surface area contributed by atoms with E-state index in [1.165, 1.54) is 31.2 Å². The summed E-state index contributed by atoms with van der Waals surface area (Å²) in [5.41, 5.74) is 0.213. The number of para-hydroxylation sites is 2. The van der Waals surface area contributed by atoms with Crippen molar-refractivity contribution >= 4 is 21.7 Å². The van der Waals surface area contributed by atoms with Crippen molar-refractivity contribution in [3.05, 3.63) is 54.3 Å². The molecule has 1 amide bonds. The molecule has 21 heavy (non-hydrogen) atoms. The number of hydrogen-bond acceptors (Lipinski definition) is 4. The monoisotopic (exact) mass is 309 g/mol. The number of carbonyl (C=O) groups excluding carboxylic acids is 1. The van der Waals surface area contributed by atoms with Crippen molar-refractivity contribution in [2.75, 3.05) is 5.32 Å². The van der Waals surface area contributed by atoms with Crippen LogP contribution in [0.5, 0.6) is 5.75 Å². The zero-order valence-corrected chi connectivity index (χ0v) is 11.9. The van der Waals surface area contributed by atoms with Crippen LogP contribution in [0.4, 0.5) is 10.1 Å². The van der Waals surface area contributed by atoms with Crippen LogP contribution in [0.2, 0.25) is 0 Å². The second-order valence-corrected chi connectivity index (χ2v) is 5.72. The molecular weight excluding hydrogens is 297 g/mol. The molecule has 1 N–H and O–H groups in total. The zero-order valence-electron chi connectivity index (χ0n) is 11.0. The molecular formula is C14H12FNO4S. The minimum atomic E-state index is -4.19. The van der Waals surface area contributed by atoms with Gasteiger partial charge in [0.1, 0.15) is 10.7 Å². The Morgan fingerprint density at radius 2 is 1.86 bits per heavy atom. The number of hydrogen-bond donors (Lipinski definition) is 1. The van der Waals surface area contributed by atoms with Gasteiger partial charge in [-0.25, -0.2) is 4.39 Å². The first-order chi connectivity index (χ1) is 9.88. The first-order valence-corrected chi connectivity index (χ1v) is 7.36. The number of anilines is 1. The summed E-state index contributed by atoms with van der Waals surface area (Å²) < 4.78 is 42.3. The van der Waals surface area contributed by atoms with Crippen molar-refractivity contribution in [1.29, 1.82) is 0 Å². The molecule has 0 spiro atoms. The molecule has 2 rings (SSSR count). The first kappa shape index (κ1) is 15.0. The number of nitrogens with one attached hydrogen (secondary N) is 1. The molecule has 0 heterocycles. The van der Waals surface area contributed by atoms with Crippen molar-refractivity contribution in [3.63, 3.8) is 0 Å². The van der Waals surface area contributed by atoms with E-state index in [2.05, 4.69) is 5.32 Å². The normalized spacial score (nSPS) is 11.0. The van der Waals surface area contributed by atoms with Crippen molar-refractivity contribution in [2.24, 2.45) is 0 Å². The molecule has 0 saturated carbocycles. The van der Waals surface area contributed by atoms with E-state index in [-0.39, 0.29) is 22.2 Å². The van der Waals surface area contributed by atoms with E-state index in [9.17, 15) is 17.6 Å². The van der Waals surface area contributed by atoms with Crippen LogP contribution in [0.15, 0.2) is 53.4 Å². The van der Waals surface area contributed by atoms with E-state index in [1.807, 2.05) is 0 Å². The summed E-state index contributed by atoms with van der Waals surface area (Å²) in [6, 6.07) is 10.5. The Balaban J connectivity index is 2.35. The lowest BCUT2D eigenvalue weighted by Gasteiger charge is -2.11. The molecule has 2 aromatic carbocycles. The smallest absolute Gasteiger partial charge is 0.339 e. The van der Waals surface area contributed by atoms with Gasteiger partial charge in [-0.2, -0.15) is 8.42 Å². The van der Waals surface area contributed by atoms with Gasteiger partial charge in [-0.1, -0.05) is 18.2 Å². The topological polar surface area (TPSA) is 72.5 Å². The minimum absolute atomic E-state index is 0.0445. The van der Waals surface area contributed by atoms with Gasteiger partial charge in [0.25, 0.3) is 0 Å². The van der Waals surface area contributed by atoms with Gasteiger partial charge in [-0.05, 0) is 30.3 Å². The Bertz CT molecular complexity index is 774. The molecule has 0 aliphatic rings. The lowest BCUT2D eigenvalue weighted by atomic mass is 10.3. The van der Waals surface area contributed by atoms with Crippen LogP contribution in [-0.2, 0) is 14.9 Å². The van der Waals surface area contributed by atoms with Crippen LogP contribution >= 0.6 is 0 Å². The van der Waals surface area contributed by atoms with Gasteiger partial charge >= 0.3 is 10.1 Å². The highest BCUT2D eigenvalue weighted by molar-refractivity contribution is 7.87. The second-order valence-electron chi connectivity index (χ2n) is 4.17. The van der Waals surface area contributed by atoms with Crippen LogP contribution in [0.25, 0.3) is 0 Å². The van der Waals surface area contributed by atoms with Gasteiger partial charge in [0, 0.05) is 6.92 Å². The summed E-state index contributed by atoms with van der Waals surface area (Å²) in [6.45, 7) is 1.29. The fourth-order valence-electron chi connectivity index (χ4n) is 1.62. The van der Waals surface area contributed by atoms with Crippen LogP contribution in [-0.4, -0.2) is 14.3 Å². The molecule has 0 aliphatic heterocycles.